The summed E-state index contributed by atoms with van der Waals surface area (Å²) in [6.07, 6.45) is 0.737. The number of nitrogens with two attached hydrogens (primary N) is 1. The molecule has 0 atom stereocenters. The average Bonchev–Trinajstić information content (AvgIpc) is 2.99. The standard InChI is InChI=1S/C16H17N3OS/c1-12-13(5-3-8-17)4-2-6-15(12)16(20)18-9-7-14-10-21-11-19-14/h2,4,6,10-11H,7-9,17H2,1H3,(H,18,20). The van der Waals surface area contributed by atoms with E-state index in [4.69, 9.17) is 5.73 Å². The minimum Gasteiger partial charge on any atom is -0.352 e. The van der Waals surface area contributed by atoms with E-state index in [2.05, 4.69) is 22.1 Å². The van der Waals surface area contributed by atoms with Crippen molar-refractivity contribution < 1.29 is 4.79 Å². The van der Waals surface area contributed by atoms with E-state index in [0.29, 0.717) is 18.7 Å². The van der Waals surface area contributed by atoms with Crippen LogP contribution >= 0.6 is 11.3 Å². The Bertz CT molecular complexity index is 669. The summed E-state index contributed by atoms with van der Waals surface area (Å²) in [5.41, 5.74) is 10.5. The van der Waals surface area contributed by atoms with Crippen LogP contribution in [0.15, 0.2) is 29.1 Å². The number of nitrogens with one attached hydrogen (secondary N) is 1. The van der Waals surface area contributed by atoms with Crippen molar-refractivity contribution in [3.63, 3.8) is 0 Å². The van der Waals surface area contributed by atoms with Gasteiger partial charge in [0, 0.05) is 29.5 Å². The molecule has 0 spiro atoms. The van der Waals surface area contributed by atoms with Gasteiger partial charge in [-0.3, -0.25) is 4.79 Å². The molecule has 0 aliphatic carbocycles. The number of rotatable bonds is 4. The second kappa shape index (κ2) is 7.58. The van der Waals surface area contributed by atoms with Crippen molar-refractivity contribution in [3.8, 4) is 11.8 Å². The molecule has 0 saturated heterocycles. The van der Waals surface area contributed by atoms with Crippen molar-refractivity contribution in [2.24, 2.45) is 5.73 Å². The Morgan fingerprint density at radius 1 is 1.48 bits per heavy atom. The van der Waals surface area contributed by atoms with E-state index in [1.165, 1.54) is 0 Å². The second-order valence-electron chi connectivity index (χ2n) is 4.47. The fourth-order valence-electron chi connectivity index (χ4n) is 1.92. The lowest BCUT2D eigenvalue weighted by atomic mass is 10.0. The number of aromatic nitrogens is 1. The van der Waals surface area contributed by atoms with Crippen LogP contribution in [0.25, 0.3) is 0 Å². The van der Waals surface area contributed by atoms with Gasteiger partial charge in [0.05, 0.1) is 17.7 Å². The predicted octanol–water partition coefficient (Wildman–Crippen LogP) is 1.73. The van der Waals surface area contributed by atoms with Gasteiger partial charge < -0.3 is 11.1 Å². The van der Waals surface area contributed by atoms with Gasteiger partial charge in [-0.25, -0.2) is 4.98 Å². The van der Waals surface area contributed by atoms with E-state index in [1.54, 1.807) is 22.9 Å². The van der Waals surface area contributed by atoms with Crippen LogP contribution in [-0.4, -0.2) is 24.0 Å². The van der Waals surface area contributed by atoms with Crippen LogP contribution in [0.1, 0.15) is 27.2 Å². The van der Waals surface area contributed by atoms with E-state index < -0.39 is 0 Å². The van der Waals surface area contributed by atoms with Gasteiger partial charge in [0.15, 0.2) is 0 Å². The molecule has 4 nitrogen and oxygen atoms in total. The molecule has 0 radical (unpaired) electrons. The van der Waals surface area contributed by atoms with Crippen molar-refractivity contribution >= 4 is 17.2 Å². The van der Waals surface area contributed by atoms with Crippen LogP contribution in [-0.2, 0) is 6.42 Å². The summed E-state index contributed by atoms with van der Waals surface area (Å²) in [5.74, 6) is 5.71. The SMILES string of the molecule is Cc1c(C#CCN)cccc1C(=O)NCCc1cscn1. The van der Waals surface area contributed by atoms with Crippen molar-refractivity contribution in [2.45, 2.75) is 13.3 Å². The lowest BCUT2D eigenvalue weighted by Crippen LogP contribution is -2.26. The number of carbonyl (C=O) groups excluding carboxylic acids is 1. The van der Waals surface area contributed by atoms with Gasteiger partial charge in [-0.2, -0.15) is 0 Å². The summed E-state index contributed by atoms with van der Waals surface area (Å²) in [4.78, 5) is 16.4. The zero-order chi connectivity index (χ0) is 15.1. The van der Waals surface area contributed by atoms with Crippen molar-refractivity contribution in [1.29, 1.82) is 0 Å². The molecule has 2 aromatic rings. The van der Waals surface area contributed by atoms with Crippen molar-refractivity contribution in [3.05, 3.63) is 51.5 Å². The molecule has 0 aliphatic rings. The molecule has 3 N–H and O–H groups in total. The molecule has 0 fully saturated rings. The first-order valence-corrected chi connectivity index (χ1v) is 7.60. The monoisotopic (exact) mass is 299 g/mol. The summed E-state index contributed by atoms with van der Waals surface area (Å²) in [5, 5.41) is 4.90. The Morgan fingerprint density at radius 2 is 2.33 bits per heavy atom. The van der Waals surface area contributed by atoms with Crippen LogP contribution in [0.2, 0.25) is 0 Å². The van der Waals surface area contributed by atoms with Crippen LogP contribution in [0.5, 0.6) is 0 Å². The van der Waals surface area contributed by atoms with Gasteiger partial charge in [0.1, 0.15) is 0 Å². The zero-order valence-corrected chi connectivity index (χ0v) is 12.7. The number of benzene rings is 1. The fourth-order valence-corrected chi connectivity index (χ4v) is 2.52. The van der Waals surface area contributed by atoms with E-state index in [9.17, 15) is 4.79 Å². The lowest BCUT2D eigenvalue weighted by molar-refractivity contribution is 0.0953. The molecule has 0 saturated carbocycles. The molecular formula is C16H17N3OS. The number of hydrogen-bond acceptors (Lipinski definition) is 4. The maximum Gasteiger partial charge on any atom is 0.251 e. The Morgan fingerprint density at radius 3 is 3.05 bits per heavy atom. The molecule has 5 heteroatoms. The lowest BCUT2D eigenvalue weighted by Gasteiger charge is -2.08. The van der Waals surface area contributed by atoms with Crippen LogP contribution in [0, 0.1) is 18.8 Å². The maximum absolute atomic E-state index is 12.2. The third-order valence-electron chi connectivity index (χ3n) is 3.05. The second-order valence-corrected chi connectivity index (χ2v) is 5.19. The smallest absolute Gasteiger partial charge is 0.251 e. The summed E-state index contributed by atoms with van der Waals surface area (Å²) in [6, 6.07) is 5.54. The first-order valence-electron chi connectivity index (χ1n) is 6.66. The summed E-state index contributed by atoms with van der Waals surface area (Å²) >= 11 is 1.56. The highest BCUT2D eigenvalue weighted by Gasteiger charge is 2.10. The first-order chi connectivity index (χ1) is 10.2. The number of amides is 1. The molecule has 1 aromatic carbocycles. The quantitative estimate of drug-likeness (QED) is 0.845. The number of hydrogen-bond donors (Lipinski definition) is 2. The molecule has 21 heavy (non-hydrogen) atoms. The van der Waals surface area contributed by atoms with Crippen LogP contribution in [0.4, 0.5) is 0 Å². The highest BCUT2D eigenvalue weighted by atomic mass is 32.1. The molecule has 108 valence electrons. The van der Waals surface area contributed by atoms with Gasteiger partial charge in [0.2, 0.25) is 0 Å². The van der Waals surface area contributed by atoms with Gasteiger partial charge in [-0.1, -0.05) is 17.9 Å². The predicted molar refractivity (Wildman–Crippen MR) is 85.3 cm³/mol. The number of carbonyl (C=O) groups is 1. The molecule has 0 unspecified atom stereocenters. The molecule has 2 rings (SSSR count). The fraction of sp³-hybridized carbons (Fsp3) is 0.250. The maximum atomic E-state index is 12.2. The Kier molecular flexibility index (Phi) is 5.50. The van der Waals surface area contributed by atoms with E-state index in [1.807, 2.05) is 24.4 Å². The van der Waals surface area contributed by atoms with Crippen LogP contribution < -0.4 is 11.1 Å². The topological polar surface area (TPSA) is 68.0 Å². The molecular weight excluding hydrogens is 282 g/mol. The molecule has 0 aliphatic heterocycles. The molecule has 1 aromatic heterocycles. The summed E-state index contributed by atoms with van der Waals surface area (Å²) in [6.45, 7) is 2.78. The third kappa shape index (κ3) is 4.15. The molecule has 1 amide bonds. The van der Waals surface area contributed by atoms with Gasteiger partial charge in [0.25, 0.3) is 5.91 Å². The van der Waals surface area contributed by atoms with Gasteiger partial charge in [-0.05, 0) is 24.6 Å². The largest absolute Gasteiger partial charge is 0.352 e. The normalized spacial score (nSPS) is 9.81. The van der Waals surface area contributed by atoms with Crippen molar-refractivity contribution in [1.82, 2.24) is 10.3 Å². The first kappa shape index (κ1) is 15.2. The van der Waals surface area contributed by atoms with E-state index >= 15 is 0 Å². The Labute approximate surface area is 128 Å². The molecule has 1 heterocycles. The average molecular weight is 299 g/mol. The van der Waals surface area contributed by atoms with Crippen molar-refractivity contribution in [2.75, 3.05) is 13.1 Å². The third-order valence-corrected chi connectivity index (χ3v) is 3.69. The number of thiazole rings is 1. The van der Waals surface area contributed by atoms with Gasteiger partial charge >= 0.3 is 0 Å². The Balaban J connectivity index is 2.01. The zero-order valence-electron chi connectivity index (χ0n) is 11.8. The summed E-state index contributed by atoms with van der Waals surface area (Å²) < 4.78 is 0. The molecule has 0 bridgehead atoms. The minimum absolute atomic E-state index is 0.0841. The van der Waals surface area contributed by atoms with E-state index in [-0.39, 0.29) is 5.91 Å². The highest BCUT2D eigenvalue weighted by Crippen LogP contribution is 2.13. The highest BCUT2D eigenvalue weighted by molar-refractivity contribution is 7.07. The minimum atomic E-state index is -0.0841. The van der Waals surface area contributed by atoms with E-state index in [0.717, 1.165) is 23.2 Å². The summed E-state index contributed by atoms with van der Waals surface area (Å²) in [7, 11) is 0. The van der Waals surface area contributed by atoms with Gasteiger partial charge in [-0.15, -0.1) is 11.3 Å². The Hall–Kier alpha value is -2.16. The number of nitrogens with zero attached hydrogens (tertiary/aromatic N) is 1. The van der Waals surface area contributed by atoms with Crippen LogP contribution in [0.3, 0.4) is 0 Å².